The summed E-state index contributed by atoms with van der Waals surface area (Å²) in [5, 5.41) is 6.66. The van der Waals surface area contributed by atoms with Crippen molar-refractivity contribution in [3.63, 3.8) is 0 Å². The molecule has 0 rings (SSSR count). The van der Waals surface area contributed by atoms with E-state index in [4.69, 9.17) is 0 Å². The number of thioether (sulfide) groups is 1. The summed E-state index contributed by atoms with van der Waals surface area (Å²) in [4.78, 5) is 15.0. The summed E-state index contributed by atoms with van der Waals surface area (Å²) in [6.45, 7) is 3.89. The Kier molecular flexibility index (Phi) is 6.55. The SMILES string of the molecule is CCCS/C(C)=N\OC(=O)NC. The van der Waals surface area contributed by atoms with Crippen molar-refractivity contribution in [2.75, 3.05) is 12.8 Å². The molecule has 0 heterocycles. The summed E-state index contributed by atoms with van der Waals surface area (Å²) < 4.78 is 0. The molecular weight excluding hydrogens is 176 g/mol. The molecule has 0 aromatic heterocycles. The number of hydrogen-bond donors (Lipinski definition) is 1. The Balaban J connectivity index is 3.60. The third-order valence-corrected chi connectivity index (χ3v) is 2.08. The van der Waals surface area contributed by atoms with Gasteiger partial charge in [0.05, 0.1) is 0 Å². The van der Waals surface area contributed by atoms with Crippen molar-refractivity contribution >= 4 is 22.9 Å². The number of amides is 1. The number of nitrogens with zero attached hydrogens (tertiary/aromatic N) is 1. The summed E-state index contributed by atoms with van der Waals surface area (Å²) in [5.41, 5.74) is 0. The first-order valence-corrected chi connectivity index (χ1v) is 4.75. The monoisotopic (exact) mass is 190 g/mol. The Morgan fingerprint density at radius 2 is 2.33 bits per heavy atom. The molecule has 4 nitrogen and oxygen atoms in total. The largest absolute Gasteiger partial charge is 0.433 e. The van der Waals surface area contributed by atoms with Crippen LogP contribution in [0.1, 0.15) is 20.3 Å². The molecule has 0 bridgehead atoms. The number of carbonyl (C=O) groups excluding carboxylic acids is 1. The van der Waals surface area contributed by atoms with E-state index in [1.54, 1.807) is 11.8 Å². The zero-order valence-electron chi connectivity index (χ0n) is 7.59. The molecule has 1 N–H and O–H groups in total. The smallest absolute Gasteiger partial charge is 0.323 e. The van der Waals surface area contributed by atoms with E-state index in [0.29, 0.717) is 0 Å². The van der Waals surface area contributed by atoms with E-state index >= 15 is 0 Å². The molecule has 0 spiro atoms. The van der Waals surface area contributed by atoms with E-state index in [-0.39, 0.29) is 0 Å². The summed E-state index contributed by atoms with van der Waals surface area (Å²) in [6, 6.07) is 0. The van der Waals surface area contributed by atoms with E-state index in [0.717, 1.165) is 17.2 Å². The van der Waals surface area contributed by atoms with Crippen LogP contribution in [0.3, 0.4) is 0 Å². The van der Waals surface area contributed by atoms with Crippen LogP contribution in [0.25, 0.3) is 0 Å². The molecule has 0 aliphatic heterocycles. The predicted octanol–water partition coefficient (Wildman–Crippen LogP) is 1.82. The zero-order chi connectivity index (χ0) is 9.40. The first-order chi connectivity index (χ1) is 5.70. The molecule has 0 saturated heterocycles. The molecule has 0 saturated carbocycles. The lowest BCUT2D eigenvalue weighted by Crippen LogP contribution is -2.17. The van der Waals surface area contributed by atoms with Gasteiger partial charge in [0.25, 0.3) is 0 Å². The molecule has 12 heavy (non-hydrogen) atoms. The quantitative estimate of drug-likeness (QED) is 0.319. The molecule has 5 heteroatoms. The Bertz CT molecular complexity index is 171. The Morgan fingerprint density at radius 1 is 1.67 bits per heavy atom. The number of hydrogen-bond acceptors (Lipinski definition) is 4. The van der Waals surface area contributed by atoms with Crippen molar-refractivity contribution < 1.29 is 9.63 Å². The summed E-state index contributed by atoms with van der Waals surface area (Å²) >= 11 is 1.57. The molecule has 70 valence electrons. The Hall–Kier alpha value is -0.710. The highest BCUT2D eigenvalue weighted by Gasteiger charge is 1.96. The zero-order valence-corrected chi connectivity index (χ0v) is 8.40. The van der Waals surface area contributed by atoms with Crippen LogP contribution in [0.5, 0.6) is 0 Å². The standard InChI is InChI=1S/C7H14N2O2S/c1-4-5-12-6(2)9-11-7(10)8-3/h4-5H2,1-3H3,(H,8,10)/b9-6-. The Labute approximate surface area is 76.7 Å². The number of nitrogens with one attached hydrogen (secondary N) is 1. The molecule has 0 unspecified atom stereocenters. The third kappa shape index (κ3) is 6.03. The van der Waals surface area contributed by atoms with Gasteiger partial charge < -0.3 is 5.32 Å². The van der Waals surface area contributed by atoms with Gasteiger partial charge in [0.1, 0.15) is 5.04 Å². The first kappa shape index (κ1) is 11.3. The molecule has 0 aromatic rings. The van der Waals surface area contributed by atoms with Crippen LogP contribution in [0.15, 0.2) is 5.16 Å². The van der Waals surface area contributed by atoms with Gasteiger partial charge in [-0.25, -0.2) is 4.79 Å². The average molecular weight is 190 g/mol. The minimum Gasteiger partial charge on any atom is -0.323 e. The van der Waals surface area contributed by atoms with Gasteiger partial charge in [0, 0.05) is 7.05 Å². The molecule has 0 fully saturated rings. The van der Waals surface area contributed by atoms with Crippen molar-refractivity contribution in [1.82, 2.24) is 5.32 Å². The van der Waals surface area contributed by atoms with E-state index in [2.05, 4.69) is 22.2 Å². The van der Waals surface area contributed by atoms with Gasteiger partial charge in [-0.2, -0.15) is 0 Å². The first-order valence-electron chi connectivity index (χ1n) is 3.76. The second-order valence-electron chi connectivity index (χ2n) is 2.09. The highest BCUT2D eigenvalue weighted by molar-refractivity contribution is 8.13. The van der Waals surface area contributed by atoms with Gasteiger partial charge in [0.2, 0.25) is 0 Å². The summed E-state index contributed by atoms with van der Waals surface area (Å²) in [7, 11) is 1.49. The fraction of sp³-hybridized carbons (Fsp3) is 0.714. The second kappa shape index (κ2) is 6.97. The van der Waals surface area contributed by atoms with Gasteiger partial charge >= 0.3 is 6.09 Å². The highest BCUT2D eigenvalue weighted by atomic mass is 32.2. The van der Waals surface area contributed by atoms with Gasteiger partial charge in [-0.05, 0) is 19.1 Å². The fourth-order valence-electron chi connectivity index (χ4n) is 0.427. The lowest BCUT2D eigenvalue weighted by Gasteiger charge is -1.98. The number of oxime groups is 1. The van der Waals surface area contributed by atoms with Crippen molar-refractivity contribution in [2.24, 2.45) is 5.16 Å². The molecule has 0 atom stereocenters. The van der Waals surface area contributed by atoms with E-state index in [1.807, 2.05) is 6.92 Å². The third-order valence-electron chi connectivity index (χ3n) is 0.976. The van der Waals surface area contributed by atoms with E-state index in [9.17, 15) is 4.79 Å². The number of carbonyl (C=O) groups is 1. The van der Waals surface area contributed by atoms with Crippen molar-refractivity contribution in [2.45, 2.75) is 20.3 Å². The minimum absolute atomic E-state index is 0.536. The molecule has 0 aromatic carbocycles. The van der Waals surface area contributed by atoms with Gasteiger partial charge in [-0.3, -0.25) is 4.84 Å². The second-order valence-corrected chi connectivity index (χ2v) is 3.38. The van der Waals surface area contributed by atoms with Crippen molar-refractivity contribution in [1.29, 1.82) is 0 Å². The van der Waals surface area contributed by atoms with Crippen molar-refractivity contribution in [3.05, 3.63) is 0 Å². The average Bonchev–Trinajstić information content (AvgIpc) is 2.10. The van der Waals surface area contributed by atoms with Crippen LogP contribution in [0, 0.1) is 0 Å². The topological polar surface area (TPSA) is 50.7 Å². The van der Waals surface area contributed by atoms with Crippen LogP contribution < -0.4 is 5.32 Å². The molecule has 0 radical (unpaired) electrons. The Morgan fingerprint density at radius 3 is 2.83 bits per heavy atom. The van der Waals surface area contributed by atoms with Crippen LogP contribution in [-0.4, -0.2) is 23.9 Å². The molecule has 0 aliphatic rings. The van der Waals surface area contributed by atoms with E-state index in [1.165, 1.54) is 7.05 Å². The normalized spacial score (nSPS) is 11.1. The van der Waals surface area contributed by atoms with Crippen LogP contribution in [-0.2, 0) is 4.84 Å². The maximum Gasteiger partial charge on any atom is 0.433 e. The highest BCUT2D eigenvalue weighted by Crippen LogP contribution is 2.05. The number of rotatable bonds is 3. The van der Waals surface area contributed by atoms with Crippen molar-refractivity contribution in [3.8, 4) is 0 Å². The van der Waals surface area contributed by atoms with E-state index < -0.39 is 6.09 Å². The minimum atomic E-state index is -0.536. The van der Waals surface area contributed by atoms with Gasteiger partial charge in [-0.1, -0.05) is 12.1 Å². The molecule has 1 amide bonds. The van der Waals surface area contributed by atoms with Crippen LogP contribution in [0.4, 0.5) is 4.79 Å². The fourth-order valence-corrected chi connectivity index (χ4v) is 1.02. The van der Waals surface area contributed by atoms with Crippen LogP contribution in [0.2, 0.25) is 0 Å². The molecule has 0 aliphatic carbocycles. The predicted molar refractivity (Wildman–Crippen MR) is 51.4 cm³/mol. The van der Waals surface area contributed by atoms with Crippen LogP contribution >= 0.6 is 11.8 Å². The van der Waals surface area contributed by atoms with Gasteiger partial charge in [-0.15, -0.1) is 11.8 Å². The lowest BCUT2D eigenvalue weighted by atomic mass is 10.6. The van der Waals surface area contributed by atoms with Gasteiger partial charge in [0.15, 0.2) is 0 Å². The summed E-state index contributed by atoms with van der Waals surface area (Å²) in [5.74, 6) is 0.992. The maximum absolute atomic E-state index is 10.5. The summed E-state index contributed by atoms with van der Waals surface area (Å²) in [6.07, 6.45) is 0.545. The maximum atomic E-state index is 10.5. The lowest BCUT2D eigenvalue weighted by molar-refractivity contribution is 0.153. The molecular formula is C7H14N2O2S.